The van der Waals surface area contributed by atoms with Crippen LogP contribution in [0.25, 0.3) is 0 Å². The van der Waals surface area contributed by atoms with Crippen LogP contribution in [0.4, 0.5) is 10.5 Å². The minimum Gasteiger partial charge on any atom is -0.294 e. The second-order valence-corrected chi connectivity index (χ2v) is 5.08. The van der Waals surface area contributed by atoms with Gasteiger partial charge < -0.3 is 0 Å². The maximum atomic E-state index is 12.2. The van der Waals surface area contributed by atoms with E-state index in [1.165, 1.54) is 0 Å². The molecule has 110 valence electrons. The highest BCUT2D eigenvalue weighted by atomic mass is 16.2. The largest absolute Gasteiger partial charge is 0.384 e. The second-order valence-electron chi connectivity index (χ2n) is 5.08. The molecule has 0 fully saturated rings. The van der Waals surface area contributed by atoms with Crippen molar-refractivity contribution in [2.45, 2.75) is 20.8 Å². The van der Waals surface area contributed by atoms with Crippen molar-refractivity contribution in [1.29, 1.82) is 0 Å². The van der Waals surface area contributed by atoms with Gasteiger partial charge in [0.2, 0.25) is 0 Å². The molecule has 0 heterocycles. The van der Waals surface area contributed by atoms with Crippen LogP contribution in [0.2, 0.25) is 0 Å². The van der Waals surface area contributed by atoms with Gasteiger partial charge in [0.05, 0.1) is 27.7 Å². The topological polar surface area (TPSA) is 47.4 Å². The lowest BCUT2D eigenvalue weighted by Gasteiger charge is -2.16. The first-order valence-corrected chi connectivity index (χ1v) is 6.76. The zero-order chi connectivity index (χ0) is 15.3. The number of urea groups is 1. The predicted molar refractivity (Wildman–Crippen MR) is 83.5 cm³/mol. The molecule has 1 aromatic carbocycles. The number of anilines is 1. The van der Waals surface area contributed by atoms with E-state index >= 15 is 0 Å². The average molecular weight is 277 g/mol. The van der Waals surface area contributed by atoms with E-state index < -0.39 is 0 Å². The van der Waals surface area contributed by atoms with Crippen LogP contribution in [-0.4, -0.2) is 49.2 Å². The highest BCUT2D eigenvalue weighted by Crippen LogP contribution is 2.18. The molecular formula is C15H25N4O+. The number of hydrogen-bond donors (Lipinski definition) is 2. The standard InChI is InChI=1S/C15H24N4O/c1-7-19(6)15(18(4)5)17-14(20)16-13-11(2)9-8-10-12(13)3/h8-10H,7H2,1-6H3,(H,16,20)/p+1. The van der Waals surface area contributed by atoms with Gasteiger partial charge in [-0.1, -0.05) is 18.2 Å². The Balaban J connectivity index is 2.85. The molecule has 1 aromatic rings. The van der Waals surface area contributed by atoms with Crippen molar-refractivity contribution in [1.82, 2.24) is 10.2 Å². The van der Waals surface area contributed by atoms with Crippen molar-refractivity contribution < 1.29 is 9.37 Å². The van der Waals surface area contributed by atoms with Crippen LogP contribution in [0.15, 0.2) is 18.2 Å². The number of rotatable bonds is 2. The molecule has 0 aliphatic rings. The summed E-state index contributed by atoms with van der Waals surface area (Å²) in [6, 6.07) is 5.72. The molecule has 2 amide bonds. The number of aryl methyl sites for hydroxylation is 2. The molecule has 0 atom stereocenters. The summed E-state index contributed by atoms with van der Waals surface area (Å²) in [6.07, 6.45) is 0. The van der Waals surface area contributed by atoms with Gasteiger partial charge in [-0.15, -0.1) is 0 Å². The number of nitrogens with zero attached hydrogens (tertiary/aromatic N) is 2. The summed E-state index contributed by atoms with van der Waals surface area (Å²) < 4.78 is 1.88. The van der Waals surface area contributed by atoms with Gasteiger partial charge in [-0.05, 0) is 31.9 Å². The Morgan fingerprint density at radius 2 is 1.80 bits per heavy atom. The Kier molecular flexibility index (Phi) is 5.55. The van der Waals surface area contributed by atoms with Gasteiger partial charge in [-0.3, -0.25) is 14.8 Å². The molecule has 0 bridgehead atoms. The zero-order valence-electron chi connectivity index (χ0n) is 13.2. The van der Waals surface area contributed by atoms with E-state index in [2.05, 4.69) is 10.6 Å². The lowest BCUT2D eigenvalue weighted by molar-refractivity contribution is -0.471. The van der Waals surface area contributed by atoms with Crippen molar-refractivity contribution in [3.8, 4) is 0 Å². The van der Waals surface area contributed by atoms with Crippen LogP contribution in [0.5, 0.6) is 0 Å². The van der Waals surface area contributed by atoms with Gasteiger partial charge in [-0.25, -0.2) is 4.79 Å². The fraction of sp³-hybridized carbons (Fsp3) is 0.467. The highest BCUT2D eigenvalue weighted by Gasteiger charge is 2.19. The van der Waals surface area contributed by atoms with Crippen LogP contribution in [0.3, 0.4) is 0 Å². The smallest absolute Gasteiger partial charge is 0.294 e. The third kappa shape index (κ3) is 3.98. The fourth-order valence-electron chi connectivity index (χ4n) is 1.96. The van der Waals surface area contributed by atoms with E-state index in [9.17, 15) is 4.79 Å². The fourth-order valence-corrected chi connectivity index (χ4v) is 1.96. The maximum Gasteiger partial charge on any atom is 0.384 e. The van der Waals surface area contributed by atoms with Crippen molar-refractivity contribution in [2.75, 3.05) is 33.0 Å². The van der Waals surface area contributed by atoms with E-state index in [4.69, 9.17) is 0 Å². The SMILES string of the molecule is CCN(C)C(NC(=O)Nc1c(C)cccc1C)=[N+](C)C. The van der Waals surface area contributed by atoms with Gasteiger partial charge in [0.1, 0.15) is 0 Å². The van der Waals surface area contributed by atoms with Gasteiger partial charge in [0.25, 0.3) is 0 Å². The summed E-state index contributed by atoms with van der Waals surface area (Å²) in [7, 11) is 5.75. The quantitative estimate of drug-likeness (QED) is 0.493. The highest BCUT2D eigenvalue weighted by molar-refractivity contribution is 6.01. The number of benzene rings is 1. The van der Waals surface area contributed by atoms with E-state index in [0.29, 0.717) is 0 Å². The molecule has 2 N–H and O–H groups in total. The van der Waals surface area contributed by atoms with Crippen LogP contribution < -0.4 is 10.6 Å². The first kappa shape index (κ1) is 16.0. The third-order valence-corrected chi connectivity index (χ3v) is 3.20. The van der Waals surface area contributed by atoms with Gasteiger partial charge in [0, 0.05) is 5.69 Å². The summed E-state index contributed by atoms with van der Waals surface area (Å²) in [5.41, 5.74) is 2.97. The van der Waals surface area contributed by atoms with Gasteiger partial charge in [0.15, 0.2) is 0 Å². The lowest BCUT2D eigenvalue weighted by Crippen LogP contribution is -2.48. The summed E-state index contributed by atoms with van der Waals surface area (Å²) in [6.45, 7) is 6.82. The van der Waals surface area contributed by atoms with E-state index in [-0.39, 0.29) is 6.03 Å². The second kappa shape index (κ2) is 6.93. The average Bonchev–Trinajstić information content (AvgIpc) is 2.39. The molecular weight excluding hydrogens is 252 g/mol. The first-order chi connectivity index (χ1) is 9.36. The first-order valence-electron chi connectivity index (χ1n) is 6.76. The van der Waals surface area contributed by atoms with Gasteiger partial charge >= 0.3 is 12.0 Å². The lowest BCUT2D eigenvalue weighted by atomic mass is 10.1. The molecule has 0 aliphatic carbocycles. The van der Waals surface area contributed by atoms with Crippen LogP contribution in [-0.2, 0) is 0 Å². The third-order valence-electron chi connectivity index (χ3n) is 3.20. The summed E-state index contributed by atoms with van der Waals surface area (Å²) in [5.74, 6) is 0.760. The predicted octanol–water partition coefficient (Wildman–Crippen LogP) is 2.00. The molecule has 0 unspecified atom stereocenters. The number of guanidine groups is 1. The van der Waals surface area contributed by atoms with Crippen molar-refractivity contribution in [3.05, 3.63) is 29.3 Å². The van der Waals surface area contributed by atoms with Gasteiger partial charge in [-0.2, -0.15) is 5.32 Å². The number of carbonyl (C=O) groups is 1. The van der Waals surface area contributed by atoms with Crippen molar-refractivity contribution in [3.63, 3.8) is 0 Å². The Hall–Kier alpha value is -2.04. The number of carbonyl (C=O) groups excluding carboxylic acids is 1. The number of hydrogen-bond acceptors (Lipinski definition) is 1. The van der Waals surface area contributed by atoms with Crippen molar-refractivity contribution in [2.24, 2.45) is 0 Å². The molecule has 0 aromatic heterocycles. The minimum atomic E-state index is -0.230. The zero-order valence-corrected chi connectivity index (χ0v) is 13.2. The van der Waals surface area contributed by atoms with Crippen molar-refractivity contribution >= 4 is 17.7 Å². The minimum absolute atomic E-state index is 0.230. The van der Waals surface area contributed by atoms with Crippen LogP contribution >= 0.6 is 0 Å². The molecule has 0 saturated carbocycles. The number of amides is 2. The Morgan fingerprint density at radius 1 is 1.25 bits per heavy atom. The molecule has 1 rings (SSSR count). The van der Waals surface area contributed by atoms with Crippen LogP contribution in [0.1, 0.15) is 18.1 Å². The van der Waals surface area contributed by atoms with E-state index in [1.807, 2.05) is 69.6 Å². The molecule has 0 radical (unpaired) electrons. The molecule has 20 heavy (non-hydrogen) atoms. The monoisotopic (exact) mass is 277 g/mol. The summed E-state index contributed by atoms with van der Waals surface area (Å²) in [5, 5.41) is 5.81. The Labute approximate surface area is 121 Å². The molecule has 0 spiro atoms. The summed E-state index contributed by atoms with van der Waals surface area (Å²) >= 11 is 0. The Morgan fingerprint density at radius 3 is 2.25 bits per heavy atom. The van der Waals surface area contributed by atoms with E-state index in [0.717, 1.165) is 29.3 Å². The molecule has 0 saturated heterocycles. The summed E-state index contributed by atoms with van der Waals surface area (Å²) in [4.78, 5) is 14.1. The maximum absolute atomic E-state index is 12.2. The molecule has 5 nitrogen and oxygen atoms in total. The normalized spacial score (nSPS) is 9.90. The van der Waals surface area contributed by atoms with E-state index in [1.54, 1.807) is 0 Å². The molecule has 5 heteroatoms. The Bertz CT molecular complexity index is 498. The molecule has 0 aliphatic heterocycles. The number of para-hydroxylation sites is 1. The van der Waals surface area contributed by atoms with Crippen LogP contribution in [0, 0.1) is 13.8 Å². The number of nitrogens with one attached hydrogen (secondary N) is 2.